The van der Waals surface area contributed by atoms with Crippen molar-refractivity contribution in [2.24, 2.45) is 21.6 Å². The van der Waals surface area contributed by atoms with E-state index in [2.05, 4.69) is 4.99 Å². The second-order valence-electron chi connectivity index (χ2n) is 11.1. The lowest BCUT2D eigenvalue weighted by atomic mass is 9.46. The number of likely N-dealkylation sites (N-methyl/N-ethyl adjacent to an activating group) is 1. The molecule has 4 rings (SSSR count). The Balaban J connectivity index is 2.06. The average Bonchev–Trinajstić information content (AvgIpc) is 2.75. The van der Waals surface area contributed by atoms with Gasteiger partial charge in [-0.05, 0) is 44.6 Å². The van der Waals surface area contributed by atoms with Gasteiger partial charge in [-0.25, -0.2) is 4.99 Å². The molecule has 0 bridgehead atoms. The Kier molecular flexibility index (Phi) is 5.81. The van der Waals surface area contributed by atoms with Crippen LogP contribution in [0.25, 0.3) is 5.76 Å². The summed E-state index contributed by atoms with van der Waals surface area (Å²) >= 11 is 0. The Bertz CT molecular complexity index is 1340. The van der Waals surface area contributed by atoms with Crippen LogP contribution in [0.15, 0.2) is 34.0 Å². The van der Waals surface area contributed by atoms with E-state index in [9.17, 15) is 34.8 Å². The van der Waals surface area contributed by atoms with Gasteiger partial charge in [-0.1, -0.05) is 13.8 Å². The molecule has 1 aromatic carbocycles. The molecule has 4 atom stereocenters. The predicted molar refractivity (Wildman–Crippen MR) is 135 cm³/mol. The minimum atomic E-state index is -2.74. The first-order valence-electron chi connectivity index (χ1n) is 11.7. The molecule has 0 spiro atoms. The molecular weight excluding hydrogens is 480 g/mol. The van der Waals surface area contributed by atoms with Gasteiger partial charge in [0.05, 0.1) is 23.6 Å². The number of hydrogen-bond acceptors (Lipinski definition) is 9. The molecule has 1 saturated carbocycles. The van der Waals surface area contributed by atoms with Crippen LogP contribution in [-0.2, 0) is 20.8 Å². The second kappa shape index (κ2) is 8.15. The highest BCUT2D eigenvalue weighted by atomic mass is 16.3. The third kappa shape index (κ3) is 3.33. The minimum Gasteiger partial charge on any atom is -0.508 e. The summed E-state index contributed by atoms with van der Waals surface area (Å²) in [5, 5.41) is 45.1. The van der Waals surface area contributed by atoms with Crippen LogP contribution in [-0.4, -0.2) is 93.9 Å². The summed E-state index contributed by atoms with van der Waals surface area (Å²) in [5.74, 6) is -5.13. The normalized spacial score (nSPS) is 31.5. The minimum absolute atomic E-state index is 0.00364. The molecule has 198 valence electrons. The molecule has 1 fully saturated rings. The Morgan fingerprint density at radius 1 is 1.14 bits per heavy atom. The predicted octanol–water partition coefficient (Wildman–Crippen LogP) is 0.966. The molecule has 3 aliphatic carbocycles. The number of fused-ring (bicyclic) bond motifs is 3. The number of aromatic hydroxyl groups is 1. The topological polar surface area (TPSA) is 177 Å². The number of carbonyl (C=O) groups is 3. The molecule has 0 heterocycles. The van der Waals surface area contributed by atoms with Crippen molar-refractivity contribution in [1.29, 1.82) is 0 Å². The van der Waals surface area contributed by atoms with Crippen molar-refractivity contribution in [3.05, 3.63) is 40.2 Å². The standard InChI is InChI=1S/C26H32N4O7/c1-24-9-12-13(28-11-29(3)4)7-8-14(31)15(12)18(32)17(24)22(35)26(37)21(34)16(23(27)36)19(33)20(30(5)6)25(26,2)10-24/h7-8,11,20,31-32,34,37H,9-10H2,1-6H3,(H2,27,36)/t20-,24+,25+,26-/m1/s1. The summed E-state index contributed by atoms with van der Waals surface area (Å²) in [6.45, 7) is 3.22. The number of amides is 1. The molecule has 0 aromatic heterocycles. The van der Waals surface area contributed by atoms with E-state index in [1.165, 1.54) is 17.9 Å². The fourth-order valence-electron chi connectivity index (χ4n) is 6.61. The average molecular weight is 513 g/mol. The fourth-order valence-corrected chi connectivity index (χ4v) is 6.61. The number of hydrogen-bond donors (Lipinski definition) is 5. The van der Waals surface area contributed by atoms with Gasteiger partial charge in [0.15, 0.2) is 11.4 Å². The van der Waals surface area contributed by atoms with Gasteiger partial charge in [0.2, 0.25) is 5.78 Å². The molecule has 11 nitrogen and oxygen atoms in total. The van der Waals surface area contributed by atoms with Gasteiger partial charge < -0.3 is 31.1 Å². The molecule has 3 aliphatic rings. The number of aliphatic imine (C=N–C) groups is 1. The van der Waals surface area contributed by atoms with E-state index < -0.39 is 57.0 Å². The molecule has 0 saturated heterocycles. The molecule has 37 heavy (non-hydrogen) atoms. The number of aliphatic hydroxyl groups excluding tert-OH is 2. The quantitative estimate of drug-likeness (QED) is 0.223. The molecule has 0 aliphatic heterocycles. The molecule has 6 N–H and O–H groups in total. The van der Waals surface area contributed by atoms with Gasteiger partial charge in [-0.3, -0.25) is 19.3 Å². The van der Waals surface area contributed by atoms with Gasteiger partial charge >= 0.3 is 0 Å². The van der Waals surface area contributed by atoms with Crippen molar-refractivity contribution in [3.63, 3.8) is 0 Å². The summed E-state index contributed by atoms with van der Waals surface area (Å²) in [6, 6.07) is 1.74. The van der Waals surface area contributed by atoms with Crippen LogP contribution >= 0.6 is 0 Å². The molecule has 0 unspecified atom stereocenters. The van der Waals surface area contributed by atoms with Crippen LogP contribution in [0.2, 0.25) is 0 Å². The number of rotatable bonds is 4. The number of primary amides is 1. The zero-order valence-corrected chi connectivity index (χ0v) is 21.7. The van der Waals surface area contributed by atoms with Crippen LogP contribution in [0.5, 0.6) is 5.75 Å². The third-order valence-electron chi connectivity index (χ3n) is 7.92. The Labute approximate surface area is 214 Å². The number of Topliss-reactive ketones (excluding diaryl/α,β-unsaturated/α-hetero) is 2. The van der Waals surface area contributed by atoms with E-state index in [-0.39, 0.29) is 29.7 Å². The highest BCUT2D eigenvalue weighted by Gasteiger charge is 2.72. The highest BCUT2D eigenvalue weighted by Crippen LogP contribution is 2.63. The molecule has 1 aromatic rings. The number of phenols is 1. The maximum Gasteiger partial charge on any atom is 0.255 e. The zero-order valence-electron chi connectivity index (χ0n) is 21.7. The highest BCUT2D eigenvalue weighted by molar-refractivity contribution is 6.25. The molecule has 0 radical (unpaired) electrons. The van der Waals surface area contributed by atoms with E-state index in [0.717, 1.165) is 0 Å². The van der Waals surface area contributed by atoms with Crippen LogP contribution in [0.4, 0.5) is 5.69 Å². The monoisotopic (exact) mass is 512 g/mol. The summed E-state index contributed by atoms with van der Waals surface area (Å²) in [7, 11) is 6.70. The summed E-state index contributed by atoms with van der Waals surface area (Å²) < 4.78 is 0. The maximum absolute atomic E-state index is 14.1. The number of ketones is 2. The number of nitrogens with two attached hydrogens (primary N) is 1. The van der Waals surface area contributed by atoms with Crippen LogP contribution < -0.4 is 5.73 Å². The summed E-state index contributed by atoms with van der Waals surface area (Å²) in [6.07, 6.45) is 1.65. The number of nitrogens with zero attached hydrogens (tertiary/aromatic N) is 3. The lowest BCUT2D eigenvalue weighted by Gasteiger charge is -2.59. The second-order valence-corrected chi connectivity index (χ2v) is 11.1. The van der Waals surface area contributed by atoms with Crippen molar-refractivity contribution >= 4 is 35.3 Å². The Hall–Kier alpha value is -3.70. The first kappa shape index (κ1) is 26.4. The van der Waals surface area contributed by atoms with Crippen molar-refractivity contribution in [2.75, 3.05) is 28.2 Å². The van der Waals surface area contributed by atoms with Crippen LogP contribution in [0, 0.1) is 10.8 Å². The Morgan fingerprint density at radius 2 is 1.76 bits per heavy atom. The first-order valence-corrected chi connectivity index (χ1v) is 11.7. The van der Waals surface area contributed by atoms with Gasteiger partial charge in [0.1, 0.15) is 22.8 Å². The largest absolute Gasteiger partial charge is 0.508 e. The summed E-state index contributed by atoms with van der Waals surface area (Å²) in [4.78, 5) is 47.4. The van der Waals surface area contributed by atoms with Gasteiger partial charge in [-0.2, -0.15) is 0 Å². The first-order chi connectivity index (χ1) is 17.0. The zero-order chi connectivity index (χ0) is 27.8. The Morgan fingerprint density at radius 3 is 2.30 bits per heavy atom. The van der Waals surface area contributed by atoms with Crippen molar-refractivity contribution in [2.45, 2.75) is 38.3 Å². The van der Waals surface area contributed by atoms with Crippen molar-refractivity contribution in [1.82, 2.24) is 9.80 Å². The van der Waals surface area contributed by atoms with Gasteiger partial charge in [0.25, 0.3) is 5.91 Å². The number of benzene rings is 1. The lowest BCUT2D eigenvalue weighted by molar-refractivity contribution is -0.175. The van der Waals surface area contributed by atoms with Crippen molar-refractivity contribution < 1.29 is 34.8 Å². The van der Waals surface area contributed by atoms with E-state index in [0.29, 0.717) is 11.3 Å². The van der Waals surface area contributed by atoms with E-state index in [1.54, 1.807) is 52.4 Å². The molecular formula is C26H32N4O7. The fraction of sp³-hybridized carbons (Fsp3) is 0.462. The molecule has 1 amide bonds. The number of aliphatic hydroxyl groups is 3. The molecule has 11 heteroatoms. The van der Waals surface area contributed by atoms with Gasteiger partial charge in [-0.15, -0.1) is 0 Å². The van der Waals surface area contributed by atoms with E-state index in [4.69, 9.17) is 5.73 Å². The SMILES string of the molecule is CN(C)C=Nc1ccc(O)c2c1C[C@@]1(C)C[C@@]3(C)[C@H](N(C)C)C(=O)C(C(N)=O)=C(O)[C@@]3(O)C(=O)C1=C2O. The van der Waals surface area contributed by atoms with E-state index in [1.807, 2.05) is 0 Å². The van der Waals surface area contributed by atoms with Gasteiger partial charge in [0, 0.05) is 30.5 Å². The lowest BCUT2D eigenvalue weighted by Crippen LogP contribution is -2.72. The third-order valence-corrected chi connectivity index (χ3v) is 7.92. The number of carbonyl (C=O) groups excluding carboxylic acids is 3. The van der Waals surface area contributed by atoms with Crippen LogP contribution in [0.3, 0.4) is 0 Å². The maximum atomic E-state index is 14.1. The summed E-state index contributed by atoms with van der Waals surface area (Å²) in [5.41, 5.74) is -0.221. The number of phenolic OH excluding ortho intramolecular Hbond substituents is 1. The van der Waals surface area contributed by atoms with E-state index >= 15 is 0 Å². The smallest absolute Gasteiger partial charge is 0.255 e. The van der Waals surface area contributed by atoms with Crippen molar-refractivity contribution in [3.8, 4) is 5.75 Å². The van der Waals surface area contributed by atoms with Crippen LogP contribution in [0.1, 0.15) is 31.4 Å².